The minimum absolute atomic E-state index is 0.0259. The van der Waals surface area contributed by atoms with Gasteiger partial charge in [0.05, 0.1) is 11.1 Å². The number of hydrogen-bond donors (Lipinski definition) is 2. The van der Waals surface area contributed by atoms with Crippen LogP contribution in [0.4, 0.5) is 5.82 Å². The monoisotopic (exact) mass is 369 g/mol. The predicted molar refractivity (Wildman–Crippen MR) is 107 cm³/mol. The fourth-order valence-electron chi connectivity index (χ4n) is 3.23. The summed E-state index contributed by atoms with van der Waals surface area (Å²) in [5, 5.41) is 20.7. The molecular formula is C22H15N3O3. The average molecular weight is 369 g/mol. The zero-order chi connectivity index (χ0) is 19.8. The number of aryl methyl sites for hydroxylation is 1. The number of aromatic nitrogens is 1. The first-order valence-electron chi connectivity index (χ1n) is 8.53. The first kappa shape index (κ1) is 17.3. The molecule has 4 aromatic rings. The standard InChI is InChI=1S/C22H15N3O3/c1-12-6-5-9-14-19(26)18(22(27)28-20(12)14)17-10-15(13-7-3-2-4-8-13)16(11-23)21(24)25-17/h2-10,26H,1H3,(H2,24,25). The third-order valence-corrected chi connectivity index (χ3v) is 4.60. The summed E-state index contributed by atoms with van der Waals surface area (Å²) >= 11 is 0. The van der Waals surface area contributed by atoms with Gasteiger partial charge in [0.2, 0.25) is 0 Å². The van der Waals surface area contributed by atoms with Gasteiger partial charge in [-0.2, -0.15) is 5.26 Å². The van der Waals surface area contributed by atoms with E-state index < -0.39 is 5.63 Å². The van der Waals surface area contributed by atoms with Gasteiger partial charge in [-0.05, 0) is 30.2 Å². The van der Waals surface area contributed by atoms with Crippen LogP contribution in [0, 0.1) is 18.3 Å². The zero-order valence-electron chi connectivity index (χ0n) is 14.9. The minimum Gasteiger partial charge on any atom is -0.506 e. The van der Waals surface area contributed by atoms with Gasteiger partial charge in [-0.1, -0.05) is 42.5 Å². The molecule has 0 atom stereocenters. The molecule has 0 amide bonds. The summed E-state index contributed by atoms with van der Waals surface area (Å²) in [4.78, 5) is 16.8. The minimum atomic E-state index is -0.727. The topological polar surface area (TPSA) is 113 Å². The van der Waals surface area contributed by atoms with Gasteiger partial charge in [0.1, 0.15) is 34.3 Å². The van der Waals surface area contributed by atoms with Gasteiger partial charge >= 0.3 is 5.63 Å². The molecule has 2 aromatic heterocycles. The van der Waals surface area contributed by atoms with E-state index in [1.807, 2.05) is 30.3 Å². The Bertz CT molecular complexity index is 1320. The molecule has 0 aliphatic rings. The Morgan fingerprint density at radius 1 is 1.14 bits per heavy atom. The SMILES string of the molecule is Cc1cccc2c(O)c(-c3cc(-c4ccccc4)c(C#N)c(N)n3)c(=O)oc12. The molecule has 0 saturated heterocycles. The second-order valence-corrected chi connectivity index (χ2v) is 6.36. The summed E-state index contributed by atoms with van der Waals surface area (Å²) in [5.41, 5.74) is 7.84. The van der Waals surface area contributed by atoms with Crippen LogP contribution in [0.2, 0.25) is 0 Å². The molecular weight excluding hydrogens is 354 g/mol. The lowest BCUT2D eigenvalue weighted by Gasteiger charge is -2.11. The van der Waals surface area contributed by atoms with Gasteiger partial charge in [0.25, 0.3) is 0 Å². The highest BCUT2D eigenvalue weighted by atomic mass is 16.4. The van der Waals surface area contributed by atoms with E-state index in [1.54, 1.807) is 31.2 Å². The predicted octanol–water partition coefficient (Wildman–Crippen LogP) is 3.99. The second kappa shape index (κ2) is 6.56. The molecule has 4 rings (SSSR count). The van der Waals surface area contributed by atoms with Crippen molar-refractivity contribution in [1.29, 1.82) is 5.26 Å². The quantitative estimate of drug-likeness (QED) is 0.517. The van der Waals surface area contributed by atoms with Crippen molar-refractivity contribution in [1.82, 2.24) is 4.98 Å². The van der Waals surface area contributed by atoms with Crippen molar-refractivity contribution in [3.05, 3.63) is 76.1 Å². The highest BCUT2D eigenvalue weighted by Gasteiger charge is 2.21. The molecule has 0 unspecified atom stereocenters. The number of rotatable bonds is 2. The average Bonchev–Trinajstić information content (AvgIpc) is 2.69. The molecule has 136 valence electrons. The first-order valence-corrected chi connectivity index (χ1v) is 8.53. The summed E-state index contributed by atoms with van der Waals surface area (Å²) in [7, 11) is 0. The Hall–Kier alpha value is -4.11. The van der Waals surface area contributed by atoms with Crippen LogP contribution in [0.25, 0.3) is 33.4 Å². The summed E-state index contributed by atoms with van der Waals surface area (Å²) in [5.74, 6) is -0.257. The molecule has 28 heavy (non-hydrogen) atoms. The van der Waals surface area contributed by atoms with Crippen molar-refractivity contribution in [3.63, 3.8) is 0 Å². The van der Waals surface area contributed by atoms with E-state index in [0.717, 1.165) is 11.1 Å². The number of nitrogen functional groups attached to an aromatic ring is 1. The van der Waals surface area contributed by atoms with Gasteiger partial charge in [0, 0.05) is 5.56 Å². The lowest BCUT2D eigenvalue weighted by atomic mass is 9.98. The number of nitrogens with zero attached hydrogens (tertiary/aromatic N) is 2. The number of nitriles is 1. The summed E-state index contributed by atoms with van der Waals surface area (Å²) in [6, 6.07) is 18.0. The maximum absolute atomic E-state index is 12.6. The largest absolute Gasteiger partial charge is 0.506 e. The fourth-order valence-corrected chi connectivity index (χ4v) is 3.23. The Labute approximate surface area is 160 Å². The van der Waals surface area contributed by atoms with E-state index in [0.29, 0.717) is 16.5 Å². The Kier molecular flexibility index (Phi) is 4.06. The van der Waals surface area contributed by atoms with E-state index in [1.165, 1.54) is 0 Å². The Balaban J connectivity index is 2.05. The molecule has 3 N–H and O–H groups in total. The Morgan fingerprint density at radius 2 is 1.89 bits per heavy atom. The van der Waals surface area contributed by atoms with E-state index in [4.69, 9.17) is 10.2 Å². The molecule has 0 fully saturated rings. The van der Waals surface area contributed by atoms with E-state index in [-0.39, 0.29) is 28.4 Å². The van der Waals surface area contributed by atoms with Crippen LogP contribution in [-0.2, 0) is 0 Å². The van der Waals surface area contributed by atoms with Crippen molar-refractivity contribution in [2.45, 2.75) is 6.92 Å². The first-order chi connectivity index (χ1) is 13.5. The van der Waals surface area contributed by atoms with Crippen molar-refractivity contribution in [2.24, 2.45) is 0 Å². The number of anilines is 1. The fraction of sp³-hybridized carbons (Fsp3) is 0.0455. The number of aromatic hydroxyl groups is 1. The smallest absolute Gasteiger partial charge is 0.349 e. The van der Waals surface area contributed by atoms with Crippen molar-refractivity contribution in [2.75, 3.05) is 5.73 Å². The number of nitrogens with two attached hydrogens (primary N) is 1. The lowest BCUT2D eigenvalue weighted by molar-refractivity contribution is 0.470. The van der Waals surface area contributed by atoms with Gasteiger partial charge in [-0.3, -0.25) is 0 Å². The summed E-state index contributed by atoms with van der Waals surface area (Å²) < 4.78 is 5.44. The highest BCUT2D eigenvalue weighted by molar-refractivity contribution is 5.92. The summed E-state index contributed by atoms with van der Waals surface area (Å²) in [6.45, 7) is 1.79. The van der Waals surface area contributed by atoms with Crippen LogP contribution in [0.15, 0.2) is 63.8 Å². The van der Waals surface area contributed by atoms with Crippen LogP contribution in [0.3, 0.4) is 0 Å². The van der Waals surface area contributed by atoms with Crippen molar-refractivity contribution >= 4 is 16.8 Å². The van der Waals surface area contributed by atoms with E-state index in [9.17, 15) is 15.2 Å². The number of para-hydroxylation sites is 1. The van der Waals surface area contributed by atoms with Crippen LogP contribution < -0.4 is 11.4 Å². The molecule has 0 bridgehead atoms. The maximum Gasteiger partial charge on any atom is 0.349 e. The highest BCUT2D eigenvalue weighted by Crippen LogP contribution is 2.36. The van der Waals surface area contributed by atoms with Gasteiger partial charge in [-0.25, -0.2) is 9.78 Å². The van der Waals surface area contributed by atoms with E-state index in [2.05, 4.69) is 11.1 Å². The number of benzene rings is 2. The van der Waals surface area contributed by atoms with Gasteiger partial charge < -0.3 is 15.3 Å². The molecule has 2 aromatic carbocycles. The lowest BCUT2D eigenvalue weighted by Crippen LogP contribution is -2.07. The molecule has 0 spiro atoms. The van der Waals surface area contributed by atoms with Gasteiger partial charge in [0.15, 0.2) is 0 Å². The third-order valence-electron chi connectivity index (χ3n) is 4.60. The Morgan fingerprint density at radius 3 is 2.61 bits per heavy atom. The summed E-state index contributed by atoms with van der Waals surface area (Å²) in [6.07, 6.45) is 0. The van der Waals surface area contributed by atoms with Crippen LogP contribution in [0.1, 0.15) is 11.1 Å². The number of hydrogen-bond acceptors (Lipinski definition) is 6. The molecule has 0 aliphatic carbocycles. The van der Waals surface area contributed by atoms with Crippen LogP contribution in [-0.4, -0.2) is 10.1 Å². The van der Waals surface area contributed by atoms with Gasteiger partial charge in [-0.15, -0.1) is 0 Å². The third kappa shape index (κ3) is 2.66. The maximum atomic E-state index is 12.6. The van der Waals surface area contributed by atoms with Crippen molar-refractivity contribution < 1.29 is 9.52 Å². The normalized spacial score (nSPS) is 10.7. The number of pyridine rings is 1. The molecule has 6 nitrogen and oxygen atoms in total. The van der Waals surface area contributed by atoms with Crippen molar-refractivity contribution in [3.8, 4) is 34.2 Å². The molecule has 2 heterocycles. The van der Waals surface area contributed by atoms with E-state index >= 15 is 0 Å². The molecule has 0 saturated carbocycles. The van der Waals surface area contributed by atoms with Crippen LogP contribution >= 0.6 is 0 Å². The molecule has 0 radical (unpaired) electrons. The zero-order valence-corrected chi connectivity index (χ0v) is 14.9. The number of fused-ring (bicyclic) bond motifs is 1. The molecule has 0 aliphatic heterocycles. The second-order valence-electron chi connectivity index (χ2n) is 6.36. The molecule has 6 heteroatoms. The van der Waals surface area contributed by atoms with Crippen LogP contribution in [0.5, 0.6) is 5.75 Å².